The summed E-state index contributed by atoms with van der Waals surface area (Å²) in [6.07, 6.45) is -0.521. The highest BCUT2D eigenvalue weighted by Gasteiger charge is 2.27. The minimum atomic E-state index is -0.310. The third-order valence-electron chi connectivity index (χ3n) is 2.40. The van der Waals surface area contributed by atoms with Crippen LogP contribution in [0.2, 0.25) is 0 Å². The van der Waals surface area contributed by atoms with Crippen LogP contribution in [-0.2, 0) is 18.9 Å². The van der Waals surface area contributed by atoms with Crippen LogP contribution < -0.4 is 0 Å². The minimum Gasteiger partial charge on any atom is -0.421 e. The molecule has 3 rings (SSSR count). The van der Waals surface area contributed by atoms with E-state index < -0.39 is 0 Å². The van der Waals surface area contributed by atoms with Crippen LogP contribution in [0.25, 0.3) is 0 Å². The Morgan fingerprint density at radius 2 is 1.47 bits per heavy atom. The zero-order valence-electron chi connectivity index (χ0n) is 8.01. The SMILES string of the molecule is C=C1OC(c2ccc(C3OCO3)cc2)O1. The summed E-state index contributed by atoms with van der Waals surface area (Å²) in [4.78, 5) is 0. The van der Waals surface area contributed by atoms with Gasteiger partial charge in [0.15, 0.2) is 13.1 Å². The number of ether oxygens (including phenoxy) is 4. The molecule has 2 heterocycles. The standard InChI is InChI=1S/C11H10O4/c1-7-14-11(15-7)9-4-2-8(3-5-9)10-12-6-13-10/h2-5,10-11H,1,6H2. The highest BCUT2D eigenvalue weighted by Crippen LogP contribution is 2.34. The monoisotopic (exact) mass is 206 g/mol. The molecule has 1 aromatic rings. The van der Waals surface area contributed by atoms with Gasteiger partial charge in [0, 0.05) is 11.1 Å². The average molecular weight is 206 g/mol. The summed E-state index contributed by atoms with van der Waals surface area (Å²) in [5, 5.41) is 0. The van der Waals surface area contributed by atoms with Crippen molar-refractivity contribution in [3.63, 3.8) is 0 Å². The molecule has 4 nitrogen and oxygen atoms in total. The van der Waals surface area contributed by atoms with Crippen molar-refractivity contribution in [2.45, 2.75) is 12.6 Å². The Balaban J connectivity index is 1.72. The van der Waals surface area contributed by atoms with Crippen LogP contribution in [-0.4, -0.2) is 6.79 Å². The maximum atomic E-state index is 5.19. The van der Waals surface area contributed by atoms with E-state index in [1.807, 2.05) is 24.3 Å². The van der Waals surface area contributed by atoms with Crippen LogP contribution in [0.4, 0.5) is 0 Å². The molecule has 0 atom stereocenters. The summed E-state index contributed by atoms with van der Waals surface area (Å²) in [7, 11) is 0. The largest absolute Gasteiger partial charge is 0.421 e. The van der Waals surface area contributed by atoms with E-state index in [2.05, 4.69) is 6.58 Å². The molecule has 0 aliphatic carbocycles. The van der Waals surface area contributed by atoms with Crippen molar-refractivity contribution in [2.75, 3.05) is 6.79 Å². The maximum Gasteiger partial charge on any atom is 0.278 e. The number of hydrogen-bond acceptors (Lipinski definition) is 4. The fourth-order valence-corrected chi connectivity index (χ4v) is 1.52. The number of hydrogen-bond donors (Lipinski definition) is 0. The second-order valence-corrected chi connectivity index (χ2v) is 3.39. The van der Waals surface area contributed by atoms with Crippen LogP contribution in [0, 0.1) is 0 Å². The molecular weight excluding hydrogens is 196 g/mol. The van der Waals surface area contributed by atoms with Gasteiger partial charge in [-0.1, -0.05) is 24.3 Å². The van der Waals surface area contributed by atoms with Crippen LogP contribution in [0.3, 0.4) is 0 Å². The van der Waals surface area contributed by atoms with E-state index in [-0.39, 0.29) is 12.6 Å². The molecule has 1 aromatic carbocycles. The first-order chi connectivity index (χ1) is 7.33. The van der Waals surface area contributed by atoms with E-state index >= 15 is 0 Å². The predicted molar refractivity (Wildman–Crippen MR) is 50.3 cm³/mol. The fraction of sp³-hybridized carbons (Fsp3) is 0.273. The lowest BCUT2D eigenvalue weighted by Crippen LogP contribution is -2.22. The smallest absolute Gasteiger partial charge is 0.278 e. The first-order valence-electron chi connectivity index (χ1n) is 4.68. The Hall–Kier alpha value is -1.52. The Morgan fingerprint density at radius 3 is 1.87 bits per heavy atom. The van der Waals surface area contributed by atoms with Gasteiger partial charge < -0.3 is 18.9 Å². The summed E-state index contributed by atoms with van der Waals surface area (Å²) >= 11 is 0. The van der Waals surface area contributed by atoms with Crippen molar-refractivity contribution in [1.29, 1.82) is 0 Å². The topological polar surface area (TPSA) is 36.9 Å². The molecule has 2 aliphatic rings. The van der Waals surface area contributed by atoms with Gasteiger partial charge in [0.2, 0.25) is 0 Å². The van der Waals surface area contributed by atoms with E-state index in [0.717, 1.165) is 11.1 Å². The van der Waals surface area contributed by atoms with E-state index in [1.54, 1.807) is 0 Å². The van der Waals surface area contributed by atoms with Gasteiger partial charge in [-0.15, -0.1) is 0 Å². The highest BCUT2D eigenvalue weighted by atomic mass is 16.9. The molecule has 0 unspecified atom stereocenters. The van der Waals surface area contributed by atoms with E-state index in [4.69, 9.17) is 18.9 Å². The van der Waals surface area contributed by atoms with Crippen molar-refractivity contribution < 1.29 is 18.9 Å². The van der Waals surface area contributed by atoms with Crippen molar-refractivity contribution in [3.8, 4) is 0 Å². The molecule has 2 saturated heterocycles. The normalized spacial score (nSPS) is 21.2. The third kappa shape index (κ3) is 1.48. The number of rotatable bonds is 2. The van der Waals surface area contributed by atoms with Crippen LogP contribution in [0.5, 0.6) is 0 Å². The molecule has 0 radical (unpaired) electrons. The average Bonchev–Trinajstić information content (AvgIpc) is 2.12. The van der Waals surface area contributed by atoms with Gasteiger partial charge in [-0.05, 0) is 6.58 Å². The van der Waals surface area contributed by atoms with Crippen molar-refractivity contribution >= 4 is 0 Å². The van der Waals surface area contributed by atoms with Gasteiger partial charge in [-0.2, -0.15) is 0 Å². The molecule has 78 valence electrons. The molecule has 0 N–H and O–H groups in total. The second kappa shape index (κ2) is 3.25. The molecule has 0 bridgehead atoms. The van der Waals surface area contributed by atoms with Crippen molar-refractivity contribution in [2.24, 2.45) is 0 Å². The van der Waals surface area contributed by atoms with Gasteiger partial charge in [-0.3, -0.25) is 0 Å². The summed E-state index contributed by atoms with van der Waals surface area (Å²) in [6.45, 7) is 3.90. The second-order valence-electron chi connectivity index (χ2n) is 3.39. The maximum absolute atomic E-state index is 5.19. The summed E-state index contributed by atoms with van der Waals surface area (Å²) < 4.78 is 20.7. The van der Waals surface area contributed by atoms with Crippen molar-refractivity contribution in [3.05, 3.63) is 47.9 Å². The van der Waals surface area contributed by atoms with Gasteiger partial charge in [0.25, 0.3) is 12.2 Å². The van der Waals surface area contributed by atoms with Gasteiger partial charge in [0.05, 0.1) is 0 Å². The van der Waals surface area contributed by atoms with Crippen molar-refractivity contribution in [1.82, 2.24) is 0 Å². The Bertz CT molecular complexity index is 372. The summed E-state index contributed by atoms with van der Waals surface area (Å²) in [5.41, 5.74) is 1.97. The number of benzene rings is 1. The first kappa shape index (κ1) is 8.76. The van der Waals surface area contributed by atoms with E-state index in [9.17, 15) is 0 Å². The Kier molecular flexibility index (Phi) is 1.90. The predicted octanol–water partition coefficient (Wildman–Crippen LogP) is 2.21. The molecule has 15 heavy (non-hydrogen) atoms. The lowest BCUT2D eigenvalue weighted by Gasteiger charge is -2.31. The molecule has 0 saturated carbocycles. The van der Waals surface area contributed by atoms with Gasteiger partial charge in [-0.25, -0.2) is 0 Å². The first-order valence-corrected chi connectivity index (χ1v) is 4.68. The molecule has 2 fully saturated rings. The van der Waals surface area contributed by atoms with Crippen LogP contribution >= 0.6 is 0 Å². The molecule has 0 amide bonds. The fourth-order valence-electron chi connectivity index (χ4n) is 1.52. The zero-order valence-corrected chi connectivity index (χ0v) is 8.01. The van der Waals surface area contributed by atoms with Crippen LogP contribution in [0.15, 0.2) is 36.8 Å². The molecule has 0 spiro atoms. The lowest BCUT2D eigenvalue weighted by molar-refractivity contribution is -0.326. The molecular formula is C11H10O4. The zero-order chi connectivity index (χ0) is 10.3. The van der Waals surface area contributed by atoms with Crippen LogP contribution in [0.1, 0.15) is 23.7 Å². The highest BCUT2D eigenvalue weighted by molar-refractivity contribution is 5.25. The Morgan fingerprint density at radius 1 is 0.933 bits per heavy atom. The third-order valence-corrected chi connectivity index (χ3v) is 2.40. The molecule has 2 aliphatic heterocycles. The van der Waals surface area contributed by atoms with E-state index in [0.29, 0.717) is 12.7 Å². The summed E-state index contributed by atoms with van der Waals surface area (Å²) in [6, 6.07) is 7.73. The van der Waals surface area contributed by atoms with Gasteiger partial charge in [0.1, 0.15) is 0 Å². The molecule has 0 aromatic heterocycles. The van der Waals surface area contributed by atoms with Gasteiger partial charge >= 0.3 is 0 Å². The minimum absolute atomic E-state index is 0.211. The molecule has 4 heteroatoms. The summed E-state index contributed by atoms with van der Waals surface area (Å²) in [5.74, 6) is 0.370. The van der Waals surface area contributed by atoms with E-state index in [1.165, 1.54) is 0 Å². The lowest BCUT2D eigenvalue weighted by atomic mass is 10.1. The quantitative estimate of drug-likeness (QED) is 0.743. The Labute approximate surface area is 87.0 Å².